The van der Waals surface area contributed by atoms with E-state index >= 15 is 0 Å². The maximum absolute atomic E-state index is 13.2. The van der Waals surface area contributed by atoms with Crippen LogP contribution in [0.1, 0.15) is 17.3 Å². The summed E-state index contributed by atoms with van der Waals surface area (Å²) in [6.07, 6.45) is 0. The van der Waals surface area contributed by atoms with Crippen LogP contribution in [0.15, 0.2) is 17.0 Å². The molecule has 0 atom stereocenters. The molecule has 1 aromatic carbocycles. The molecule has 0 aliphatic carbocycles. The second-order valence-electron chi connectivity index (χ2n) is 3.03. The molecule has 0 aromatic heterocycles. The number of primary sulfonamides is 1. The second kappa shape index (κ2) is 4.76. The molecule has 0 bridgehead atoms. The quantitative estimate of drug-likeness (QED) is 0.818. The normalized spacial score (nSPS) is 11.3. The first-order valence-corrected chi connectivity index (χ1v) is 6.01. The van der Waals surface area contributed by atoms with Crippen molar-refractivity contribution in [1.29, 1.82) is 0 Å². The van der Waals surface area contributed by atoms with Gasteiger partial charge in [-0.25, -0.2) is 27.1 Å². The molecule has 0 aliphatic heterocycles. The Labute approximate surface area is 96.2 Å². The molecule has 0 amide bonds. The Morgan fingerprint density at radius 3 is 2.47 bits per heavy atom. The summed E-state index contributed by atoms with van der Waals surface area (Å²) in [4.78, 5) is 10.5. The largest absolute Gasteiger partial charge is 0.462 e. The Balaban J connectivity index is 3.40. The maximum Gasteiger partial charge on any atom is 0.341 e. The molecule has 8 heteroatoms. The van der Waals surface area contributed by atoms with Crippen molar-refractivity contribution in [1.82, 2.24) is 0 Å². The van der Waals surface area contributed by atoms with Gasteiger partial charge in [0.15, 0.2) is 11.6 Å². The summed E-state index contributed by atoms with van der Waals surface area (Å²) in [7, 11) is -4.23. The highest BCUT2D eigenvalue weighted by Crippen LogP contribution is 2.18. The van der Waals surface area contributed by atoms with Gasteiger partial charge in [-0.05, 0) is 19.1 Å². The van der Waals surface area contributed by atoms with E-state index in [2.05, 4.69) is 4.74 Å². The molecule has 1 rings (SSSR count). The highest BCUT2D eigenvalue weighted by molar-refractivity contribution is 7.89. The zero-order chi connectivity index (χ0) is 13.2. The van der Waals surface area contributed by atoms with Crippen LogP contribution in [0, 0.1) is 11.6 Å². The van der Waals surface area contributed by atoms with Crippen molar-refractivity contribution < 1.29 is 26.7 Å². The number of hydrogen-bond acceptors (Lipinski definition) is 4. The number of esters is 1. The van der Waals surface area contributed by atoms with E-state index in [0.29, 0.717) is 12.1 Å². The van der Waals surface area contributed by atoms with Crippen LogP contribution in [0.5, 0.6) is 0 Å². The molecule has 0 unspecified atom stereocenters. The first kappa shape index (κ1) is 13.5. The Morgan fingerprint density at radius 2 is 2.00 bits per heavy atom. The van der Waals surface area contributed by atoms with E-state index in [0.717, 1.165) is 0 Å². The number of rotatable bonds is 3. The summed E-state index contributed by atoms with van der Waals surface area (Å²) in [6, 6.07) is 1.03. The minimum absolute atomic E-state index is 0.0561. The third-order valence-corrected chi connectivity index (χ3v) is 2.72. The van der Waals surface area contributed by atoms with Crippen LogP contribution in [0.2, 0.25) is 0 Å². The van der Waals surface area contributed by atoms with Gasteiger partial charge in [0.1, 0.15) is 0 Å². The Bertz CT molecular complexity index is 556. The fourth-order valence-corrected chi connectivity index (χ4v) is 1.64. The highest BCUT2D eigenvalue weighted by atomic mass is 32.2. The van der Waals surface area contributed by atoms with Crippen molar-refractivity contribution in [3.63, 3.8) is 0 Å². The van der Waals surface area contributed by atoms with Gasteiger partial charge in [0.25, 0.3) is 0 Å². The van der Waals surface area contributed by atoms with E-state index in [4.69, 9.17) is 5.14 Å². The van der Waals surface area contributed by atoms with Crippen LogP contribution in [0.25, 0.3) is 0 Å². The maximum atomic E-state index is 13.2. The number of halogens is 2. The van der Waals surface area contributed by atoms with Crippen molar-refractivity contribution >= 4 is 16.0 Å². The molecule has 0 saturated carbocycles. The van der Waals surface area contributed by atoms with Crippen LogP contribution in [-0.4, -0.2) is 21.0 Å². The van der Waals surface area contributed by atoms with E-state index in [1.54, 1.807) is 0 Å². The van der Waals surface area contributed by atoms with Gasteiger partial charge in [0.05, 0.1) is 17.1 Å². The molecular weight excluding hydrogens is 256 g/mol. The number of hydrogen-bond donors (Lipinski definition) is 1. The van der Waals surface area contributed by atoms with Gasteiger partial charge in [-0.15, -0.1) is 0 Å². The molecule has 0 saturated heterocycles. The van der Waals surface area contributed by atoms with E-state index in [1.165, 1.54) is 6.92 Å². The standard InChI is InChI=1S/C9H9F2NO4S/c1-2-16-9(13)6-3-5(17(12,14)15)4-7(10)8(6)11/h3-4H,2H2,1H3,(H2,12,14,15). The lowest BCUT2D eigenvalue weighted by Crippen LogP contribution is -2.16. The first-order chi connectivity index (χ1) is 7.77. The molecule has 0 radical (unpaired) electrons. The lowest BCUT2D eigenvalue weighted by molar-refractivity contribution is 0.0519. The minimum Gasteiger partial charge on any atom is -0.462 e. The molecule has 0 fully saturated rings. The Morgan fingerprint density at radius 1 is 1.41 bits per heavy atom. The third kappa shape index (κ3) is 2.98. The van der Waals surface area contributed by atoms with Gasteiger partial charge >= 0.3 is 5.97 Å². The summed E-state index contributed by atoms with van der Waals surface area (Å²) < 4.78 is 52.7. The lowest BCUT2D eigenvalue weighted by Gasteiger charge is -2.06. The molecule has 0 heterocycles. The smallest absolute Gasteiger partial charge is 0.341 e. The van der Waals surface area contributed by atoms with Gasteiger partial charge in [-0.1, -0.05) is 0 Å². The van der Waals surface area contributed by atoms with Crippen molar-refractivity contribution in [3.05, 3.63) is 29.3 Å². The van der Waals surface area contributed by atoms with Crippen LogP contribution in [0.3, 0.4) is 0 Å². The summed E-state index contributed by atoms with van der Waals surface area (Å²) in [5.74, 6) is -4.12. The minimum atomic E-state index is -4.23. The molecular formula is C9H9F2NO4S. The van der Waals surface area contributed by atoms with E-state index in [1.807, 2.05) is 0 Å². The van der Waals surface area contributed by atoms with Gasteiger partial charge in [-0.3, -0.25) is 0 Å². The Kier molecular flexibility index (Phi) is 3.79. The van der Waals surface area contributed by atoms with Gasteiger partial charge < -0.3 is 4.74 Å². The van der Waals surface area contributed by atoms with E-state index < -0.39 is 38.1 Å². The monoisotopic (exact) mass is 265 g/mol. The Hall–Kier alpha value is -1.54. The predicted molar refractivity (Wildman–Crippen MR) is 53.7 cm³/mol. The molecule has 94 valence electrons. The SMILES string of the molecule is CCOC(=O)c1cc(S(N)(=O)=O)cc(F)c1F. The average molecular weight is 265 g/mol. The van der Waals surface area contributed by atoms with Gasteiger partial charge in [-0.2, -0.15) is 0 Å². The van der Waals surface area contributed by atoms with E-state index in [9.17, 15) is 22.0 Å². The second-order valence-corrected chi connectivity index (χ2v) is 4.59. The number of carbonyl (C=O) groups is 1. The van der Waals surface area contributed by atoms with Crippen molar-refractivity contribution in [2.45, 2.75) is 11.8 Å². The van der Waals surface area contributed by atoms with Gasteiger partial charge in [0.2, 0.25) is 10.0 Å². The van der Waals surface area contributed by atoms with Crippen LogP contribution < -0.4 is 5.14 Å². The molecule has 0 aliphatic rings. The summed E-state index contributed by atoms with van der Waals surface area (Å²) >= 11 is 0. The zero-order valence-electron chi connectivity index (χ0n) is 8.74. The number of nitrogens with two attached hydrogens (primary N) is 1. The van der Waals surface area contributed by atoms with Crippen LogP contribution in [-0.2, 0) is 14.8 Å². The fourth-order valence-electron chi connectivity index (χ4n) is 1.09. The molecule has 2 N–H and O–H groups in total. The number of sulfonamides is 1. The molecule has 5 nitrogen and oxygen atoms in total. The first-order valence-electron chi connectivity index (χ1n) is 4.46. The summed E-state index contributed by atoms with van der Waals surface area (Å²) in [5, 5.41) is 4.75. The van der Waals surface area contributed by atoms with Crippen LogP contribution >= 0.6 is 0 Å². The fraction of sp³-hybridized carbons (Fsp3) is 0.222. The van der Waals surface area contributed by atoms with Crippen molar-refractivity contribution in [3.8, 4) is 0 Å². The molecule has 1 aromatic rings. The number of ether oxygens (including phenoxy) is 1. The topological polar surface area (TPSA) is 86.5 Å². The lowest BCUT2D eigenvalue weighted by atomic mass is 10.2. The molecule has 17 heavy (non-hydrogen) atoms. The summed E-state index contributed by atoms with van der Waals surface area (Å²) in [6.45, 7) is 1.41. The number of carbonyl (C=O) groups excluding carboxylic acids is 1. The molecule has 0 spiro atoms. The highest BCUT2D eigenvalue weighted by Gasteiger charge is 2.21. The van der Waals surface area contributed by atoms with Crippen molar-refractivity contribution in [2.24, 2.45) is 5.14 Å². The third-order valence-electron chi connectivity index (χ3n) is 1.83. The van der Waals surface area contributed by atoms with Crippen molar-refractivity contribution in [2.75, 3.05) is 6.61 Å². The average Bonchev–Trinajstić information content (AvgIpc) is 2.20. The van der Waals surface area contributed by atoms with Crippen LogP contribution in [0.4, 0.5) is 8.78 Å². The summed E-state index contributed by atoms with van der Waals surface area (Å²) in [5.41, 5.74) is -0.809. The van der Waals surface area contributed by atoms with Gasteiger partial charge in [0, 0.05) is 0 Å². The predicted octanol–water partition coefficient (Wildman–Crippen LogP) is 0.789. The number of benzene rings is 1. The van der Waals surface area contributed by atoms with E-state index in [-0.39, 0.29) is 6.61 Å². The zero-order valence-corrected chi connectivity index (χ0v) is 9.55.